The van der Waals surface area contributed by atoms with Crippen LogP contribution in [0.2, 0.25) is 0 Å². The van der Waals surface area contributed by atoms with E-state index in [1.807, 2.05) is 18.2 Å². The number of nitrogens with one attached hydrogen (secondary N) is 1. The van der Waals surface area contributed by atoms with Crippen molar-refractivity contribution in [1.82, 2.24) is 10.4 Å². The van der Waals surface area contributed by atoms with Crippen molar-refractivity contribution in [3.63, 3.8) is 0 Å². The molecule has 1 aromatic heterocycles. The van der Waals surface area contributed by atoms with Crippen LogP contribution in [0.5, 0.6) is 11.5 Å². The summed E-state index contributed by atoms with van der Waals surface area (Å²) < 4.78 is 24.6. The molecule has 6 heteroatoms. The summed E-state index contributed by atoms with van der Waals surface area (Å²) in [6, 6.07) is 6.61. The molecule has 21 heavy (non-hydrogen) atoms. The smallest absolute Gasteiger partial charge is 0.161 e. The highest BCUT2D eigenvalue weighted by atomic mass is 19.1. The van der Waals surface area contributed by atoms with E-state index >= 15 is 0 Å². The molecule has 2 aromatic rings. The first-order valence-electron chi connectivity index (χ1n) is 6.74. The normalized spacial score (nSPS) is 15.3. The van der Waals surface area contributed by atoms with Gasteiger partial charge in [0.1, 0.15) is 5.82 Å². The highest BCUT2D eigenvalue weighted by molar-refractivity contribution is 5.46. The summed E-state index contributed by atoms with van der Waals surface area (Å²) in [7, 11) is 0. The number of ether oxygens (including phenoxy) is 2. The number of nitrogens with two attached hydrogens (primary N) is 1. The SMILES string of the molecule is NNC(c1cncc(F)c1)c1ccc2c(c1)OCCCO2. The molecule has 1 aliphatic rings. The minimum Gasteiger partial charge on any atom is -0.490 e. The number of fused-ring (bicyclic) bond motifs is 1. The lowest BCUT2D eigenvalue weighted by Crippen LogP contribution is -2.29. The van der Waals surface area contributed by atoms with E-state index in [4.69, 9.17) is 15.3 Å². The highest BCUT2D eigenvalue weighted by Crippen LogP contribution is 2.33. The minimum atomic E-state index is -0.401. The monoisotopic (exact) mass is 289 g/mol. The van der Waals surface area contributed by atoms with Crippen LogP contribution in [0.1, 0.15) is 23.6 Å². The average molecular weight is 289 g/mol. The molecule has 0 fully saturated rings. The lowest BCUT2D eigenvalue weighted by Gasteiger charge is -2.18. The van der Waals surface area contributed by atoms with E-state index in [0.717, 1.165) is 18.2 Å². The standard InChI is InChI=1S/C15H16FN3O2/c16-12-6-11(8-18-9-12)15(19-17)10-2-3-13-14(7-10)21-5-1-4-20-13/h2-3,6-9,15,19H,1,4-5,17H2. The third kappa shape index (κ3) is 2.96. The summed E-state index contributed by atoms with van der Waals surface area (Å²) in [4.78, 5) is 3.85. The first-order chi connectivity index (χ1) is 10.3. The van der Waals surface area contributed by atoms with Crippen molar-refractivity contribution in [2.45, 2.75) is 12.5 Å². The third-order valence-corrected chi connectivity index (χ3v) is 3.33. The number of nitrogens with zero attached hydrogens (tertiary/aromatic N) is 1. The van der Waals surface area contributed by atoms with Gasteiger partial charge in [-0.2, -0.15) is 0 Å². The molecule has 0 saturated carbocycles. The van der Waals surface area contributed by atoms with Gasteiger partial charge in [0.2, 0.25) is 0 Å². The molecule has 1 aliphatic heterocycles. The molecule has 0 aliphatic carbocycles. The zero-order valence-electron chi connectivity index (χ0n) is 11.4. The first kappa shape index (κ1) is 13.8. The maximum Gasteiger partial charge on any atom is 0.161 e. The Morgan fingerprint density at radius 3 is 2.67 bits per heavy atom. The van der Waals surface area contributed by atoms with Crippen LogP contribution < -0.4 is 20.7 Å². The number of benzene rings is 1. The fourth-order valence-electron chi connectivity index (χ4n) is 2.33. The Bertz CT molecular complexity index is 636. The molecule has 1 atom stereocenters. The number of pyridine rings is 1. The molecule has 0 spiro atoms. The van der Waals surface area contributed by atoms with E-state index < -0.39 is 5.82 Å². The van der Waals surface area contributed by atoms with Crippen molar-refractivity contribution in [2.75, 3.05) is 13.2 Å². The fourth-order valence-corrected chi connectivity index (χ4v) is 2.33. The average Bonchev–Trinajstić information content (AvgIpc) is 2.73. The van der Waals surface area contributed by atoms with E-state index in [1.165, 1.54) is 6.07 Å². The third-order valence-electron chi connectivity index (χ3n) is 3.33. The lowest BCUT2D eigenvalue weighted by atomic mass is 10.0. The lowest BCUT2D eigenvalue weighted by molar-refractivity contribution is 0.297. The topological polar surface area (TPSA) is 69.4 Å². The number of aromatic nitrogens is 1. The summed E-state index contributed by atoms with van der Waals surface area (Å²) in [6.07, 6.45) is 3.58. The van der Waals surface area contributed by atoms with Gasteiger partial charge in [0, 0.05) is 12.6 Å². The molecule has 1 unspecified atom stereocenters. The quantitative estimate of drug-likeness (QED) is 0.667. The molecular weight excluding hydrogens is 273 g/mol. The van der Waals surface area contributed by atoms with E-state index in [9.17, 15) is 4.39 Å². The van der Waals surface area contributed by atoms with Crippen LogP contribution in [0.25, 0.3) is 0 Å². The molecule has 2 heterocycles. The molecule has 3 rings (SSSR count). The molecule has 3 N–H and O–H groups in total. The van der Waals surface area contributed by atoms with Gasteiger partial charge >= 0.3 is 0 Å². The fraction of sp³-hybridized carbons (Fsp3) is 0.267. The van der Waals surface area contributed by atoms with Crippen LogP contribution in [-0.4, -0.2) is 18.2 Å². The summed E-state index contributed by atoms with van der Waals surface area (Å²) in [5.41, 5.74) is 4.18. The highest BCUT2D eigenvalue weighted by Gasteiger charge is 2.17. The molecule has 1 aromatic carbocycles. The second-order valence-electron chi connectivity index (χ2n) is 4.79. The predicted molar refractivity (Wildman–Crippen MR) is 75.4 cm³/mol. The Labute approximate surface area is 121 Å². The molecule has 110 valence electrons. The van der Waals surface area contributed by atoms with Gasteiger partial charge in [-0.3, -0.25) is 10.8 Å². The van der Waals surface area contributed by atoms with Gasteiger partial charge < -0.3 is 9.47 Å². The number of hydrogen-bond donors (Lipinski definition) is 2. The number of hydrogen-bond acceptors (Lipinski definition) is 5. The van der Waals surface area contributed by atoms with Gasteiger partial charge in [0.05, 0.1) is 25.5 Å². The van der Waals surface area contributed by atoms with Gasteiger partial charge in [0.15, 0.2) is 11.5 Å². The van der Waals surface area contributed by atoms with Gasteiger partial charge in [-0.1, -0.05) is 6.07 Å². The van der Waals surface area contributed by atoms with Crippen LogP contribution in [0, 0.1) is 5.82 Å². The van der Waals surface area contributed by atoms with Crippen molar-refractivity contribution in [3.05, 3.63) is 53.6 Å². The summed E-state index contributed by atoms with van der Waals surface area (Å²) in [5.74, 6) is 6.61. The maximum atomic E-state index is 13.3. The van der Waals surface area contributed by atoms with Crippen LogP contribution in [-0.2, 0) is 0 Å². The van der Waals surface area contributed by atoms with Gasteiger partial charge in [0.25, 0.3) is 0 Å². The van der Waals surface area contributed by atoms with Crippen LogP contribution in [0.3, 0.4) is 0 Å². The summed E-state index contributed by atoms with van der Waals surface area (Å²) in [6.45, 7) is 1.25. The Hall–Kier alpha value is -2.18. The number of rotatable bonds is 3. The Balaban J connectivity index is 1.96. The Morgan fingerprint density at radius 2 is 1.90 bits per heavy atom. The second kappa shape index (κ2) is 6.07. The van der Waals surface area contributed by atoms with Crippen LogP contribution >= 0.6 is 0 Å². The van der Waals surface area contributed by atoms with Crippen molar-refractivity contribution in [2.24, 2.45) is 5.84 Å². The molecule has 0 saturated heterocycles. The molecule has 0 bridgehead atoms. The zero-order valence-corrected chi connectivity index (χ0v) is 11.4. The van der Waals surface area contributed by atoms with E-state index in [1.54, 1.807) is 6.20 Å². The number of hydrazine groups is 1. The zero-order chi connectivity index (χ0) is 14.7. The summed E-state index contributed by atoms with van der Waals surface area (Å²) >= 11 is 0. The van der Waals surface area contributed by atoms with Crippen LogP contribution in [0.4, 0.5) is 4.39 Å². The van der Waals surface area contributed by atoms with E-state index in [0.29, 0.717) is 30.3 Å². The van der Waals surface area contributed by atoms with Gasteiger partial charge in [-0.25, -0.2) is 9.82 Å². The first-order valence-corrected chi connectivity index (χ1v) is 6.74. The van der Waals surface area contributed by atoms with Crippen molar-refractivity contribution < 1.29 is 13.9 Å². The predicted octanol–water partition coefficient (Wildman–Crippen LogP) is 1.93. The van der Waals surface area contributed by atoms with E-state index in [2.05, 4.69) is 10.4 Å². The van der Waals surface area contributed by atoms with E-state index in [-0.39, 0.29) is 6.04 Å². The Kier molecular flexibility index (Phi) is 3.98. The van der Waals surface area contributed by atoms with Gasteiger partial charge in [-0.15, -0.1) is 0 Å². The molecule has 0 radical (unpaired) electrons. The minimum absolute atomic E-state index is 0.370. The maximum absolute atomic E-state index is 13.3. The molecule has 5 nitrogen and oxygen atoms in total. The van der Waals surface area contributed by atoms with Crippen LogP contribution in [0.15, 0.2) is 36.7 Å². The molecule has 0 amide bonds. The van der Waals surface area contributed by atoms with Crippen molar-refractivity contribution >= 4 is 0 Å². The van der Waals surface area contributed by atoms with Gasteiger partial charge in [-0.05, 0) is 29.3 Å². The summed E-state index contributed by atoms with van der Waals surface area (Å²) in [5, 5.41) is 0. The van der Waals surface area contributed by atoms with Crippen molar-refractivity contribution in [3.8, 4) is 11.5 Å². The second-order valence-corrected chi connectivity index (χ2v) is 4.79. The molecular formula is C15H16FN3O2. The largest absolute Gasteiger partial charge is 0.490 e. The Morgan fingerprint density at radius 1 is 1.10 bits per heavy atom. The van der Waals surface area contributed by atoms with Crippen molar-refractivity contribution in [1.29, 1.82) is 0 Å². The number of halogens is 1.